The van der Waals surface area contributed by atoms with Gasteiger partial charge in [0.05, 0.1) is 0 Å². The molecule has 0 nitrogen and oxygen atoms in total. The molecule has 0 aromatic heterocycles. The van der Waals surface area contributed by atoms with Crippen LogP contribution in [0.3, 0.4) is 0 Å². The summed E-state index contributed by atoms with van der Waals surface area (Å²) in [6.45, 7) is 9.15. The summed E-state index contributed by atoms with van der Waals surface area (Å²) < 4.78 is 1.78. The van der Waals surface area contributed by atoms with Crippen molar-refractivity contribution in [2.45, 2.75) is 48.4 Å². The number of rotatable bonds is 6. The second kappa shape index (κ2) is 8.86. The summed E-state index contributed by atoms with van der Waals surface area (Å²) in [5.41, 5.74) is 0. The van der Waals surface area contributed by atoms with E-state index >= 15 is 0 Å². The van der Waals surface area contributed by atoms with Gasteiger partial charge in [0, 0.05) is 0 Å². The van der Waals surface area contributed by atoms with Gasteiger partial charge in [-0.05, 0) is 0 Å². The van der Waals surface area contributed by atoms with E-state index in [9.17, 15) is 0 Å². The van der Waals surface area contributed by atoms with E-state index in [4.69, 9.17) is 0 Å². The van der Waals surface area contributed by atoms with Crippen LogP contribution in [0.5, 0.6) is 0 Å². The number of hydrogen-bond acceptors (Lipinski definition) is 0. The molecule has 1 heteroatoms. The quantitative estimate of drug-likeness (QED) is 0.506. The summed E-state index contributed by atoms with van der Waals surface area (Å²) in [6, 6.07) is 0. The molecule has 0 aliphatic rings. The molecule has 0 aliphatic carbocycles. The molecule has 1 unspecified atom stereocenters. The zero-order valence-electron chi connectivity index (χ0n) is 9.38. The van der Waals surface area contributed by atoms with Crippen molar-refractivity contribution < 1.29 is 0 Å². The second-order valence-corrected chi connectivity index (χ2v) is 9.57. The molecule has 0 aromatic carbocycles. The van der Waals surface area contributed by atoms with Crippen LogP contribution in [0.15, 0.2) is 24.3 Å². The van der Waals surface area contributed by atoms with Gasteiger partial charge in [-0.1, -0.05) is 0 Å². The van der Waals surface area contributed by atoms with Crippen molar-refractivity contribution in [1.29, 1.82) is 0 Å². The molecule has 2 atom stereocenters. The Labute approximate surface area is 93.7 Å². The Morgan fingerprint density at radius 2 is 1.31 bits per heavy atom. The Morgan fingerprint density at radius 1 is 0.923 bits per heavy atom. The van der Waals surface area contributed by atoms with Gasteiger partial charge in [0.2, 0.25) is 0 Å². The Hall–Kier alpha value is 0.279. The fourth-order valence-electron chi connectivity index (χ4n) is 1.21. The first-order valence-corrected chi connectivity index (χ1v) is 8.59. The van der Waals surface area contributed by atoms with E-state index in [1.54, 1.807) is 0 Å². The van der Waals surface area contributed by atoms with Crippen LogP contribution in [-0.4, -0.2) is 21.1 Å². The van der Waals surface area contributed by atoms with Crippen molar-refractivity contribution in [3.05, 3.63) is 24.3 Å². The Morgan fingerprint density at radius 3 is 1.62 bits per heavy atom. The van der Waals surface area contributed by atoms with Gasteiger partial charge in [-0.15, -0.1) is 0 Å². The van der Waals surface area contributed by atoms with E-state index < -0.39 is 0 Å². The van der Waals surface area contributed by atoms with Gasteiger partial charge in [-0.2, -0.15) is 0 Å². The first-order chi connectivity index (χ1) is 6.20. The second-order valence-electron chi connectivity index (χ2n) is 3.42. The zero-order valence-corrected chi connectivity index (χ0v) is 12.2. The normalized spacial score (nSPS) is 16.9. The molecule has 74 valence electrons. The fourth-order valence-corrected chi connectivity index (χ4v) is 4.98. The first-order valence-electron chi connectivity index (χ1n) is 5.30. The maximum atomic E-state index is 2.41. The van der Waals surface area contributed by atoms with Crippen LogP contribution in [0, 0.1) is 0 Å². The fraction of sp³-hybridized carbons (Fsp3) is 0.667. The number of hydrogen-bond donors (Lipinski definition) is 0. The summed E-state index contributed by atoms with van der Waals surface area (Å²) >= 11 is -0.229. The molecule has 0 aliphatic heterocycles. The van der Waals surface area contributed by atoms with Crippen LogP contribution in [0.1, 0.15) is 40.5 Å². The molecule has 0 bridgehead atoms. The maximum absolute atomic E-state index is 2.41. The molecule has 2 radical (unpaired) electrons. The van der Waals surface area contributed by atoms with Gasteiger partial charge >= 0.3 is 93.9 Å². The van der Waals surface area contributed by atoms with Crippen molar-refractivity contribution in [2.24, 2.45) is 0 Å². The standard InChI is InChI=1S/2C6H11.Sn/c2*1-3-5-6-4-2;/h2*3,5-6H,4H2,1-2H3;. The Kier molecular flexibility index (Phi) is 9.05. The van der Waals surface area contributed by atoms with Crippen molar-refractivity contribution in [2.75, 3.05) is 0 Å². The third-order valence-electron chi connectivity index (χ3n) is 1.85. The summed E-state index contributed by atoms with van der Waals surface area (Å²) in [5, 5.41) is 0. The van der Waals surface area contributed by atoms with Crippen molar-refractivity contribution in [3.63, 3.8) is 0 Å². The average molecular weight is 285 g/mol. The van der Waals surface area contributed by atoms with E-state index in [1.807, 2.05) is 0 Å². The average Bonchev–Trinajstić information content (AvgIpc) is 2.11. The van der Waals surface area contributed by atoms with E-state index in [-0.39, 0.29) is 21.1 Å². The van der Waals surface area contributed by atoms with Gasteiger partial charge in [0.25, 0.3) is 0 Å². The molecule has 0 spiro atoms. The monoisotopic (exact) mass is 286 g/mol. The molecule has 13 heavy (non-hydrogen) atoms. The molecular weight excluding hydrogens is 263 g/mol. The minimum atomic E-state index is -0.229. The Balaban J connectivity index is 3.70. The Bertz CT molecular complexity index is 141. The van der Waals surface area contributed by atoms with Gasteiger partial charge < -0.3 is 0 Å². The van der Waals surface area contributed by atoms with Gasteiger partial charge in [-0.3, -0.25) is 0 Å². The van der Waals surface area contributed by atoms with Crippen LogP contribution >= 0.6 is 0 Å². The van der Waals surface area contributed by atoms with Crippen molar-refractivity contribution >= 4 is 21.1 Å². The molecule has 0 saturated carbocycles. The molecule has 0 aromatic rings. The molecule has 0 amide bonds. The molecule has 0 saturated heterocycles. The van der Waals surface area contributed by atoms with Crippen molar-refractivity contribution in [1.82, 2.24) is 0 Å². The third kappa shape index (κ3) is 8.60. The third-order valence-corrected chi connectivity index (χ3v) is 5.95. The van der Waals surface area contributed by atoms with E-state index in [0.29, 0.717) is 0 Å². The molecule has 0 N–H and O–H groups in total. The predicted molar refractivity (Wildman–Crippen MR) is 63.5 cm³/mol. The predicted octanol–water partition coefficient (Wildman–Crippen LogP) is 4.24. The topological polar surface area (TPSA) is 0 Å². The van der Waals surface area contributed by atoms with Crippen LogP contribution in [0.25, 0.3) is 0 Å². The summed E-state index contributed by atoms with van der Waals surface area (Å²) in [5.74, 6) is 0. The van der Waals surface area contributed by atoms with E-state index in [2.05, 4.69) is 52.0 Å². The van der Waals surface area contributed by atoms with Gasteiger partial charge in [-0.25, -0.2) is 0 Å². The molecular formula is C12H22Sn. The molecule has 0 fully saturated rings. The first kappa shape index (κ1) is 13.3. The summed E-state index contributed by atoms with van der Waals surface area (Å²) in [6.07, 6.45) is 11.8. The SMILES string of the molecule is CCC=C[CH](C)[Sn][C@@H](C)C=CCC. The van der Waals surface area contributed by atoms with E-state index in [0.717, 1.165) is 7.87 Å². The minimum absolute atomic E-state index is 0.229. The summed E-state index contributed by atoms with van der Waals surface area (Å²) in [7, 11) is 0. The van der Waals surface area contributed by atoms with Crippen LogP contribution in [-0.2, 0) is 0 Å². The summed E-state index contributed by atoms with van der Waals surface area (Å²) in [4.78, 5) is 0. The zero-order chi connectivity index (χ0) is 10.1. The van der Waals surface area contributed by atoms with Crippen LogP contribution in [0.2, 0.25) is 7.87 Å². The van der Waals surface area contributed by atoms with Gasteiger partial charge in [0.15, 0.2) is 0 Å². The van der Waals surface area contributed by atoms with Crippen molar-refractivity contribution in [3.8, 4) is 0 Å². The van der Waals surface area contributed by atoms with Gasteiger partial charge in [0.1, 0.15) is 0 Å². The van der Waals surface area contributed by atoms with Crippen LogP contribution in [0.4, 0.5) is 0 Å². The molecule has 0 rings (SSSR count). The van der Waals surface area contributed by atoms with E-state index in [1.165, 1.54) is 12.8 Å². The number of allylic oxidation sites excluding steroid dienone is 4. The van der Waals surface area contributed by atoms with Crippen LogP contribution < -0.4 is 0 Å². The molecule has 0 heterocycles.